The van der Waals surface area contributed by atoms with Crippen LogP contribution in [0.25, 0.3) is 16.8 Å². The SMILES string of the molecule is CNc1ncc2c(-c3ccc(N=C(C)CCC4CC4)c(C)n3)ccn2n1. The number of hydrogen-bond acceptors (Lipinski definition) is 5. The molecule has 3 aromatic heterocycles. The van der Waals surface area contributed by atoms with Crippen molar-refractivity contribution in [2.75, 3.05) is 12.4 Å². The molecule has 134 valence electrons. The lowest BCUT2D eigenvalue weighted by molar-refractivity contribution is 0.757. The Morgan fingerprint density at radius 3 is 2.88 bits per heavy atom. The zero-order chi connectivity index (χ0) is 18.1. The minimum Gasteiger partial charge on any atom is -0.356 e. The monoisotopic (exact) mass is 348 g/mol. The molecule has 6 nitrogen and oxygen atoms in total. The van der Waals surface area contributed by atoms with Gasteiger partial charge in [0.25, 0.3) is 0 Å². The van der Waals surface area contributed by atoms with Gasteiger partial charge in [0.1, 0.15) is 0 Å². The van der Waals surface area contributed by atoms with E-state index < -0.39 is 0 Å². The average Bonchev–Trinajstić information content (AvgIpc) is 3.39. The third-order valence-electron chi connectivity index (χ3n) is 4.90. The fourth-order valence-corrected chi connectivity index (χ4v) is 3.13. The van der Waals surface area contributed by atoms with E-state index >= 15 is 0 Å². The molecule has 0 amide bonds. The molecule has 1 aliphatic rings. The molecule has 6 heteroatoms. The van der Waals surface area contributed by atoms with Gasteiger partial charge in [-0.3, -0.25) is 9.98 Å². The van der Waals surface area contributed by atoms with Crippen LogP contribution in [0.15, 0.2) is 35.6 Å². The Bertz CT molecular complexity index is 968. The Hall–Kier alpha value is -2.76. The van der Waals surface area contributed by atoms with Gasteiger partial charge in [-0.1, -0.05) is 12.8 Å². The standard InChI is InChI=1S/C20H24N6/c1-13(4-5-15-6-7-15)23-17-8-9-18(24-14(17)2)16-10-11-26-19(16)12-22-20(21-3)25-26/h8-12,15H,4-7H2,1-3H3,(H,21,25). The van der Waals surface area contributed by atoms with Gasteiger partial charge in [0.2, 0.25) is 5.95 Å². The predicted molar refractivity (Wildman–Crippen MR) is 105 cm³/mol. The largest absolute Gasteiger partial charge is 0.356 e. The lowest BCUT2D eigenvalue weighted by Crippen LogP contribution is -2.00. The first-order chi connectivity index (χ1) is 12.6. The van der Waals surface area contributed by atoms with Crippen LogP contribution in [0.4, 0.5) is 11.6 Å². The van der Waals surface area contributed by atoms with Crippen molar-refractivity contribution in [1.29, 1.82) is 0 Å². The fraction of sp³-hybridized carbons (Fsp3) is 0.400. The number of nitrogens with zero attached hydrogens (tertiary/aromatic N) is 5. The highest BCUT2D eigenvalue weighted by molar-refractivity contribution is 5.85. The highest BCUT2D eigenvalue weighted by Crippen LogP contribution is 2.34. The van der Waals surface area contributed by atoms with Crippen LogP contribution >= 0.6 is 0 Å². The van der Waals surface area contributed by atoms with Crippen molar-refractivity contribution in [1.82, 2.24) is 19.6 Å². The van der Waals surface area contributed by atoms with E-state index in [1.54, 1.807) is 0 Å². The maximum absolute atomic E-state index is 4.78. The number of rotatable bonds is 6. The summed E-state index contributed by atoms with van der Waals surface area (Å²) in [6.07, 6.45) is 8.89. The summed E-state index contributed by atoms with van der Waals surface area (Å²) in [6, 6.07) is 6.11. The number of pyridine rings is 1. The van der Waals surface area contributed by atoms with E-state index in [-0.39, 0.29) is 0 Å². The van der Waals surface area contributed by atoms with E-state index in [1.165, 1.54) is 25.0 Å². The summed E-state index contributed by atoms with van der Waals surface area (Å²) < 4.78 is 1.82. The van der Waals surface area contributed by atoms with Crippen molar-refractivity contribution >= 4 is 22.9 Å². The normalized spacial score (nSPS) is 14.8. The van der Waals surface area contributed by atoms with Crippen LogP contribution in [0.2, 0.25) is 0 Å². The van der Waals surface area contributed by atoms with Gasteiger partial charge < -0.3 is 5.32 Å². The molecule has 0 aromatic carbocycles. The fourth-order valence-electron chi connectivity index (χ4n) is 3.13. The van der Waals surface area contributed by atoms with E-state index in [2.05, 4.69) is 28.4 Å². The van der Waals surface area contributed by atoms with Gasteiger partial charge in [0.05, 0.1) is 28.8 Å². The van der Waals surface area contributed by atoms with Gasteiger partial charge in [-0.05, 0) is 50.8 Å². The molecule has 0 bridgehead atoms. The first kappa shape index (κ1) is 16.7. The van der Waals surface area contributed by atoms with E-state index in [4.69, 9.17) is 9.98 Å². The summed E-state index contributed by atoms with van der Waals surface area (Å²) >= 11 is 0. The molecule has 0 atom stereocenters. The Kier molecular flexibility index (Phi) is 4.41. The van der Waals surface area contributed by atoms with Crippen LogP contribution in [0.5, 0.6) is 0 Å². The summed E-state index contributed by atoms with van der Waals surface area (Å²) in [5.74, 6) is 1.53. The molecule has 3 aromatic rings. The molecule has 26 heavy (non-hydrogen) atoms. The number of fused-ring (bicyclic) bond motifs is 1. The summed E-state index contributed by atoms with van der Waals surface area (Å²) in [7, 11) is 1.81. The quantitative estimate of drug-likeness (QED) is 0.669. The first-order valence-electron chi connectivity index (χ1n) is 9.18. The minimum atomic E-state index is 0.593. The second-order valence-electron chi connectivity index (χ2n) is 7.02. The molecule has 4 rings (SSSR count). The Balaban J connectivity index is 1.60. The summed E-state index contributed by atoms with van der Waals surface area (Å²) in [5, 5.41) is 7.35. The highest BCUT2D eigenvalue weighted by atomic mass is 15.3. The van der Waals surface area contributed by atoms with E-state index in [0.29, 0.717) is 5.95 Å². The number of aromatic nitrogens is 4. The Morgan fingerprint density at radius 2 is 2.15 bits per heavy atom. The third kappa shape index (κ3) is 3.45. The van der Waals surface area contributed by atoms with E-state index in [9.17, 15) is 0 Å². The van der Waals surface area contributed by atoms with Crippen molar-refractivity contribution in [3.8, 4) is 11.3 Å². The minimum absolute atomic E-state index is 0.593. The van der Waals surface area contributed by atoms with Crippen LogP contribution in [0.1, 0.15) is 38.3 Å². The molecule has 3 heterocycles. The molecule has 1 fully saturated rings. The lowest BCUT2D eigenvalue weighted by Gasteiger charge is -2.06. The van der Waals surface area contributed by atoms with Crippen molar-refractivity contribution in [2.24, 2.45) is 10.9 Å². The Labute approximate surface area is 153 Å². The van der Waals surface area contributed by atoms with Crippen LogP contribution in [-0.2, 0) is 0 Å². The molecule has 1 N–H and O–H groups in total. The summed E-state index contributed by atoms with van der Waals surface area (Å²) in [4.78, 5) is 13.9. The third-order valence-corrected chi connectivity index (χ3v) is 4.90. The van der Waals surface area contributed by atoms with Crippen LogP contribution in [0, 0.1) is 12.8 Å². The van der Waals surface area contributed by atoms with E-state index in [1.807, 2.05) is 43.0 Å². The number of anilines is 1. The molecule has 0 saturated heterocycles. The second kappa shape index (κ2) is 6.86. The smallest absolute Gasteiger partial charge is 0.240 e. The van der Waals surface area contributed by atoms with Crippen molar-refractivity contribution in [3.05, 3.63) is 36.3 Å². The molecule has 0 spiro atoms. The van der Waals surface area contributed by atoms with Crippen LogP contribution in [-0.4, -0.2) is 32.3 Å². The predicted octanol–water partition coefficient (Wildman–Crippen LogP) is 4.42. The molecule has 0 unspecified atom stereocenters. The van der Waals surface area contributed by atoms with Gasteiger partial charge in [-0.2, -0.15) is 0 Å². The molecule has 1 saturated carbocycles. The van der Waals surface area contributed by atoms with Crippen molar-refractivity contribution in [2.45, 2.75) is 39.5 Å². The second-order valence-corrected chi connectivity index (χ2v) is 7.02. The topological polar surface area (TPSA) is 67.5 Å². The van der Waals surface area contributed by atoms with Gasteiger partial charge in [-0.15, -0.1) is 5.10 Å². The van der Waals surface area contributed by atoms with Gasteiger partial charge in [0.15, 0.2) is 0 Å². The molecule has 0 aliphatic heterocycles. The lowest BCUT2D eigenvalue weighted by atomic mass is 10.1. The van der Waals surface area contributed by atoms with E-state index in [0.717, 1.165) is 40.5 Å². The van der Waals surface area contributed by atoms with Crippen LogP contribution in [0.3, 0.4) is 0 Å². The van der Waals surface area contributed by atoms with Gasteiger partial charge in [-0.25, -0.2) is 9.50 Å². The van der Waals surface area contributed by atoms with Crippen LogP contribution < -0.4 is 5.32 Å². The number of aryl methyl sites for hydroxylation is 1. The zero-order valence-corrected chi connectivity index (χ0v) is 15.5. The molecular formula is C20H24N6. The summed E-state index contributed by atoms with van der Waals surface area (Å²) in [6.45, 7) is 4.14. The highest BCUT2D eigenvalue weighted by Gasteiger charge is 2.20. The van der Waals surface area contributed by atoms with Crippen molar-refractivity contribution in [3.63, 3.8) is 0 Å². The van der Waals surface area contributed by atoms with Gasteiger partial charge in [0, 0.05) is 24.5 Å². The molecular weight excluding hydrogens is 324 g/mol. The first-order valence-corrected chi connectivity index (χ1v) is 9.18. The average molecular weight is 348 g/mol. The number of hydrogen-bond donors (Lipinski definition) is 1. The number of aliphatic imine (C=N–C) groups is 1. The zero-order valence-electron chi connectivity index (χ0n) is 15.5. The maximum atomic E-state index is 4.78. The number of nitrogens with one attached hydrogen (secondary N) is 1. The van der Waals surface area contributed by atoms with Crippen molar-refractivity contribution < 1.29 is 0 Å². The summed E-state index contributed by atoms with van der Waals surface area (Å²) in [5.41, 5.74) is 5.97. The molecule has 0 radical (unpaired) electrons. The Morgan fingerprint density at radius 1 is 1.31 bits per heavy atom. The maximum Gasteiger partial charge on any atom is 0.240 e. The van der Waals surface area contributed by atoms with Gasteiger partial charge >= 0.3 is 0 Å². The molecule has 1 aliphatic carbocycles.